The SMILES string of the molecule is CCn1c(CCC2CCCC2)nnc1S(N)(=O)=O. The van der Waals surface area contributed by atoms with Crippen LogP contribution in [0, 0.1) is 5.92 Å². The third-order valence-corrected chi connectivity index (χ3v) is 4.43. The van der Waals surface area contributed by atoms with Gasteiger partial charge in [-0.1, -0.05) is 25.7 Å². The number of primary sulfonamides is 1. The van der Waals surface area contributed by atoms with Crippen molar-refractivity contribution in [2.75, 3.05) is 0 Å². The molecular formula is C11H20N4O2S. The molecule has 1 aliphatic rings. The molecule has 0 radical (unpaired) electrons. The Morgan fingerprint density at radius 1 is 1.33 bits per heavy atom. The normalized spacial score (nSPS) is 17.4. The summed E-state index contributed by atoms with van der Waals surface area (Å²) in [5, 5.41) is 12.7. The van der Waals surface area contributed by atoms with Gasteiger partial charge >= 0.3 is 0 Å². The summed E-state index contributed by atoms with van der Waals surface area (Å²) in [5.74, 6) is 1.48. The van der Waals surface area contributed by atoms with Crippen LogP contribution in [0.15, 0.2) is 5.16 Å². The highest BCUT2D eigenvalue weighted by molar-refractivity contribution is 7.89. The van der Waals surface area contributed by atoms with Gasteiger partial charge in [0, 0.05) is 13.0 Å². The summed E-state index contributed by atoms with van der Waals surface area (Å²) >= 11 is 0. The zero-order valence-corrected chi connectivity index (χ0v) is 11.5. The predicted molar refractivity (Wildman–Crippen MR) is 67.3 cm³/mol. The van der Waals surface area contributed by atoms with Gasteiger partial charge in [-0.3, -0.25) is 0 Å². The van der Waals surface area contributed by atoms with Crippen molar-refractivity contribution in [3.05, 3.63) is 5.82 Å². The van der Waals surface area contributed by atoms with Crippen molar-refractivity contribution in [1.82, 2.24) is 14.8 Å². The van der Waals surface area contributed by atoms with Crippen LogP contribution < -0.4 is 5.14 Å². The summed E-state index contributed by atoms with van der Waals surface area (Å²) < 4.78 is 24.3. The average molecular weight is 272 g/mol. The van der Waals surface area contributed by atoms with Gasteiger partial charge in [-0.25, -0.2) is 13.6 Å². The Balaban J connectivity index is 2.10. The summed E-state index contributed by atoms with van der Waals surface area (Å²) in [6.45, 7) is 2.40. The molecule has 0 saturated heterocycles. The van der Waals surface area contributed by atoms with Crippen LogP contribution in [-0.4, -0.2) is 23.2 Å². The maximum atomic E-state index is 11.3. The van der Waals surface area contributed by atoms with Gasteiger partial charge in [0.25, 0.3) is 15.2 Å². The first-order chi connectivity index (χ1) is 8.52. The van der Waals surface area contributed by atoms with Crippen LogP contribution in [-0.2, 0) is 23.0 Å². The van der Waals surface area contributed by atoms with Crippen molar-refractivity contribution in [1.29, 1.82) is 0 Å². The van der Waals surface area contributed by atoms with Crippen LogP contribution in [0.3, 0.4) is 0 Å². The third kappa shape index (κ3) is 2.89. The van der Waals surface area contributed by atoms with Crippen molar-refractivity contribution in [2.24, 2.45) is 11.1 Å². The van der Waals surface area contributed by atoms with Crippen LogP contribution >= 0.6 is 0 Å². The number of hydrogen-bond acceptors (Lipinski definition) is 4. The van der Waals surface area contributed by atoms with Crippen molar-refractivity contribution in [3.63, 3.8) is 0 Å². The summed E-state index contributed by atoms with van der Waals surface area (Å²) in [4.78, 5) is 0. The van der Waals surface area contributed by atoms with Crippen molar-refractivity contribution >= 4 is 10.0 Å². The molecule has 0 bridgehead atoms. The molecule has 0 aromatic carbocycles. The Bertz CT molecular complexity index is 503. The average Bonchev–Trinajstić information content (AvgIpc) is 2.94. The van der Waals surface area contributed by atoms with Crippen molar-refractivity contribution < 1.29 is 8.42 Å². The Hall–Kier alpha value is -0.950. The van der Waals surface area contributed by atoms with E-state index in [-0.39, 0.29) is 5.16 Å². The molecule has 7 heteroatoms. The molecule has 102 valence electrons. The topological polar surface area (TPSA) is 90.9 Å². The minimum absolute atomic E-state index is 0.119. The van der Waals surface area contributed by atoms with E-state index in [1.54, 1.807) is 4.57 Å². The first-order valence-corrected chi connectivity index (χ1v) is 8.02. The first kappa shape index (κ1) is 13.5. The molecule has 1 fully saturated rings. The van der Waals surface area contributed by atoms with E-state index in [4.69, 9.17) is 5.14 Å². The molecule has 2 N–H and O–H groups in total. The van der Waals surface area contributed by atoms with Gasteiger partial charge in [0.15, 0.2) is 0 Å². The van der Waals surface area contributed by atoms with E-state index in [0.29, 0.717) is 6.54 Å². The fourth-order valence-corrected chi connectivity index (χ4v) is 3.36. The molecule has 18 heavy (non-hydrogen) atoms. The number of nitrogens with zero attached hydrogens (tertiary/aromatic N) is 3. The number of nitrogens with two attached hydrogens (primary N) is 1. The first-order valence-electron chi connectivity index (χ1n) is 6.47. The molecule has 0 aliphatic heterocycles. The molecule has 1 heterocycles. The largest absolute Gasteiger partial charge is 0.301 e. The zero-order chi connectivity index (χ0) is 13.2. The number of hydrogen-bond donors (Lipinski definition) is 1. The lowest BCUT2D eigenvalue weighted by molar-refractivity contribution is 0.485. The van der Waals surface area contributed by atoms with Gasteiger partial charge in [-0.15, -0.1) is 10.2 Å². The van der Waals surface area contributed by atoms with Crippen LogP contribution in [0.25, 0.3) is 0 Å². The third-order valence-electron chi connectivity index (χ3n) is 3.62. The highest BCUT2D eigenvalue weighted by Gasteiger charge is 2.21. The lowest BCUT2D eigenvalue weighted by Gasteiger charge is -2.09. The minimum atomic E-state index is -3.77. The van der Waals surface area contributed by atoms with E-state index < -0.39 is 10.0 Å². The van der Waals surface area contributed by atoms with Gasteiger partial charge in [0.05, 0.1) is 0 Å². The second kappa shape index (κ2) is 5.36. The maximum absolute atomic E-state index is 11.3. The van der Waals surface area contributed by atoms with Crippen LogP contribution in [0.5, 0.6) is 0 Å². The number of aromatic nitrogens is 3. The second-order valence-electron chi connectivity index (χ2n) is 4.88. The van der Waals surface area contributed by atoms with Crippen molar-refractivity contribution in [3.8, 4) is 0 Å². The standard InChI is InChI=1S/C11H20N4O2S/c1-2-15-10(8-7-9-5-3-4-6-9)13-14-11(15)18(12,16)17/h9H,2-8H2,1H3,(H2,12,16,17). The van der Waals surface area contributed by atoms with Gasteiger partial charge in [-0.05, 0) is 19.3 Å². The molecular weight excluding hydrogens is 252 g/mol. The summed E-state index contributed by atoms with van der Waals surface area (Å²) in [6, 6.07) is 0. The molecule has 1 aliphatic carbocycles. The lowest BCUT2D eigenvalue weighted by atomic mass is 10.0. The van der Waals surface area contributed by atoms with Gasteiger partial charge < -0.3 is 4.57 Å². The van der Waals surface area contributed by atoms with Crippen LogP contribution in [0.1, 0.15) is 44.9 Å². The van der Waals surface area contributed by atoms with E-state index in [9.17, 15) is 8.42 Å². The van der Waals surface area contributed by atoms with Gasteiger partial charge in [0.1, 0.15) is 5.82 Å². The molecule has 0 unspecified atom stereocenters. The fraction of sp³-hybridized carbons (Fsp3) is 0.818. The fourth-order valence-electron chi connectivity index (χ4n) is 2.66. The molecule has 6 nitrogen and oxygen atoms in total. The number of sulfonamides is 1. The summed E-state index contributed by atoms with van der Waals surface area (Å²) in [5.41, 5.74) is 0. The lowest BCUT2D eigenvalue weighted by Crippen LogP contribution is -2.19. The van der Waals surface area contributed by atoms with Crippen molar-refractivity contribution in [2.45, 2.75) is 57.1 Å². The molecule has 0 amide bonds. The zero-order valence-electron chi connectivity index (χ0n) is 10.7. The Labute approximate surface area is 108 Å². The summed E-state index contributed by atoms with van der Waals surface area (Å²) in [6.07, 6.45) is 7.02. The van der Waals surface area contributed by atoms with E-state index in [2.05, 4.69) is 10.2 Å². The Morgan fingerprint density at radius 3 is 2.56 bits per heavy atom. The molecule has 0 atom stereocenters. The second-order valence-corrected chi connectivity index (χ2v) is 6.33. The van der Waals surface area contributed by atoms with Crippen LogP contribution in [0.2, 0.25) is 0 Å². The molecule has 1 aromatic rings. The summed E-state index contributed by atoms with van der Waals surface area (Å²) in [7, 11) is -3.77. The Kier molecular flexibility index (Phi) is 4.01. The van der Waals surface area contributed by atoms with E-state index in [1.165, 1.54) is 25.7 Å². The Morgan fingerprint density at radius 2 is 2.00 bits per heavy atom. The maximum Gasteiger partial charge on any atom is 0.273 e. The highest BCUT2D eigenvalue weighted by Crippen LogP contribution is 2.28. The predicted octanol–water partition coefficient (Wildman–Crippen LogP) is 1.07. The minimum Gasteiger partial charge on any atom is -0.301 e. The number of aryl methyl sites for hydroxylation is 1. The molecule has 0 spiro atoms. The van der Waals surface area contributed by atoms with E-state index >= 15 is 0 Å². The molecule has 2 rings (SSSR count). The molecule has 1 aromatic heterocycles. The van der Waals surface area contributed by atoms with Crippen LogP contribution in [0.4, 0.5) is 0 Å². The number of rotatable bonds is 5. The van der Waals surface area contributed by atoms with Gasteiger partial charge in [0.2, 0.25) is 0 Å². The van der Waals surface area contributed by atoms with Gasteiger partial charge in [-0.2, -0.15) is 0 Å². The molecule has 1 saturated carbocycles. The quantitative estimate of drug-likeness (QED) is 0.868. The van der Waals surface area contributed by atoms with E-state index in [1.807, 2.05) is 6.92 Å². The smallest absolute Gasteiger partial charge is 0.273 e. The van der Waals surface area contributed by atoms with E-state index in [0.717, 1.165) is 24.6 Å². The highest BCUT2D eigenvalue weighted by atomic mass is 32.2. The monoisotopic (exact) mass is 272 g/mol.